The minimum Gasteiger partial charge on any atom is -0.469 e. The Kier molecular flexibility index (Phi) is 2.77. The van der Waals surface area contributed by atoms with Crippen LogP contribution in [0.3, 0.4) is 0 Å². The number of hydrogen-bond donors (Lipinski definition) is 1. The fourth-order valence-electron chi connectivity index (χ4n) is 3.22. The molecular formula is C11H18O3. The van der Waals surface area contributed by atoms with Crippen LogP contribution in [0.2, 0.25) is 0 Å². The molecule has 0 amide bonds. The Bertz CT molecular complexity index is 227. The summed E-state index contributed by atoms with van der Waals surface area (Å²) >= 11 is 0. The van der Waals surface area contributed by atoms with Crippen LogP contribution in [0.15, 0.2) is 0 Å². The molecule has 0 aromatic rings. The summed E-state index contributed by atoms with van der Waals surface area (Å²) in [4.78, 5) is 11.5. The second kappa shape index (κ2) is 3.89. The first kappa shape index (κ1) is 9.97. The highest BCUT2D eigenvalue weighted by molar-refractivity contribution is 5.73. The summed E-state index contributed by atoms with van der Waals surface area (Å²) in [5.74, 6) is 1.52. The van der Waals surface area contributed by atoms with E-state index >= 15 is 0 Å². The molecule has 3 heteroatoms. The second-order valence-electron chi connectivity index (χ2n) is 4.64. The van der Waals surface area contributed by atoms with Crippen molar-refractivity contribution < 1.29 is 14.6 Å². The standard InChI is InChI=1S/C11H18O3/c1-14-11(13)10-5-7-2-3-8(10)4-9(7)6-12/h7-10,12H,2-6H2,1H3. The van der Waals surface area contributed by atoms with Crippen molar-refractivity contribution in [3.05, 3.63) is 0 Å². The van der Waals surface area contributed by atoms with Gasteiger partial charge in [-0.2, -0.15) is 0 Å². The average molecular weight is 198 g/mol. The highest BCUT2D eigenvalue weighted by Crippen LogP contribution is 2.48. The van der Waals surface area contributed by atoms with E-state index in [4.69, 9.17) is 4.74 Å². The topological polar surface area (TPSA) is 46.5 Å². The summed E-state index contributed by atoms with van der Waals surface area (Å²) in [7, 11) is 1.47. The number of aliphatic hydroxyl groups excluding tert-OH is 1. The molecule has 0 spiro atoms. The van der Waals surface area contributed by atoms with Crippen LogP contribution in [0.5, 0.6) is 0 Å². The number of ether oxygens (including phenoxy) is 1. The third-order valence-electron chi connectivity index (χ3n) is 4.04. The Balaban J connectivity index is 2.04. The van der Waals surface area contributed by atoms with Crippen LogP contribution in [0.25, 0.3) is 0 Å². The predicted octanol–water partition coefficient (Wildman–Crippen LogP) is 1.20. The maximum absolute atomic E-state index is 11.5. The molecular weight excluding hydrogens is 180 g/mol. The molecule has 0 aromatic carbocycles. The fourth-order valence-corrected chi connectivity index (χ4v) is 3.22. The van der Waals surface area contributed by atoms with Crippen molar-refractivity contribution in [2.45, 2.75) is 25.7 Å². The third kappa shape index (κ3) is 1.54. The molecule has 14 heavy (non-hydrogen) atoms. The van der Waals surface area contributed by atoms with E-state index < -0.39 is 0 Å². The van der Waals surface area contributed by atoms with Crippen LogP contribution in [-0.4, -0.2) is 24.8 Å². The zero-order valence-corrected chi connectivity index (χ0v) is 8.61. The quantitative estimate of drug-likeness (QED) is 0.678. The molecule has 4 atom stereocenters. The van der Waals surface area contributed by atoms with Crippen molar-refractivity contribution in [1.29, 1.82) is 0 Å². The molecule has 80 valence electrons. The molecule has 3 rings (SSSR count). The minimum absolute atomic E-state index is 0.0453. The lowest BCUT2D eigenvalue weighted by atomic mass is 9.60. The molecule has 3 aliphatic carbocycles. The molecule has 3 fully saturated rings. The zero-order chi connectivity index (χ0) is 10.1. The van der Waals surface area contributed by atoms with Gasteiger partial charge in [-0.25, -0.2) is 0 Å². The van der Waals surface area contributed by atoms with Crippen molar-refractivity contribution in [3.8, 4) is 0 Å². The van der Waals surface area contributed by atoms with Gasteiger partial charge in [0.25, 0.3) is 0 Å². The lowest BCUT2D eigenvalue weighted by molar-refractivity contribution is -0.153. The highest BCUT2D eigenvalue weighted by Gasteiger charge is 2.44. The molecule has 1 N–H and O–H groups in total. The minimum atomic E-state index is -0.0453. The predicted molar refractivity (Wildman–Crippen MR) is 51.5 cm³/mol. The number of aliphatic hydroxyl groups is 1. The van der Waals surface area contributed by atoms with Gasteiger partial charge in [-0.15, -0.1) is 0 Å². The largest absolute Gasteiger partial charge is 0.469 e. The van der Waals surface area contributed by atoms with Gasteiger partial charge >= 0.3 is 5.97 Å². The normalized spacial score (nSPS) is 41.0. The number of carbonyl (C=O) groups is 1. The van der Waals surface area contributed by atoms with Gasteiger partial charge in [-0.05, 0) is 43.4 Å². The van der Waals surface area contributed by atoms with Crippen molar-refractivity contribution >= 4 is 5.97 Å². The van der Waals surface area contributed by atoms with E-state index in [9.17, 15) is 9.90 Å². The summed E-state index contributed by atoms with van der Waals surface area (Å²) in [6.07, 6.45) is 4.27. The molecule has 0 aliphatic heterocycles. The van der Waals surface area contributed by atoms with Crippen LogP contribution < -0.4 is 0 Å². The van der Waals surface area contributed by atoms with Crippen LogP contribution in [0.1, 0.15) is 25.7 Å². The molecule has 3 saturated carbocycles. The van der Waals surface area contributed by atoms with Gasteiger partial charge in [0.15, 0.2) is 0 Å². The molecule has 2 bridgehead atoms. The average Bonchev–Trinajstić information content (AvgIpc) is 2.28. The van der Waals surface area contributed by atoms with E-state index in [0.29, 0.717) is 17.8 Å². The maximum Gasteiger partial charge on any atom is 0.308 e. The Morgan fingerprint density at radius 2 is 2.07 bits per heavy atom. The molecule has 3 nitrogen and oxygen atoms in total. The van der Waals surface area contributed by atoms with Gasteiger partial charge in [0.05, 0.1) is 13.0 Å². The SMILES string of the molecule is COC(=O)C1CC2CCC1CC2CO. The third-order valence-corrected chi connectivity index (χ3v) is 4.04. The molecule has 4 unspecified atom stereocenters. The molecule has 0 heterocycles. The molecule has 0 aromatic heterocycles. The van der Waals surface area contributed by atoms with Gasteiger partial charge in [0.2, 0.25) is 0 Å². The summed E-state index contributed by atoms with van der Waals surface area (Å²) in [5.41, 5.74) is 0. The van der Waals surface area contributed by atoms with Gasteiger partial charge in [-0.3, -0.25) is 4.79 Å². The van der Waals surface area contributed by atoms with Crippen LogP contribution in [0, 0.1) is 23.7 Å². The van der Waals surface area contributed by atoms with Crippen LogP contribution >= 0.6 is 0 Å². The smallest absolute Gasteiger partial charge is 0.308 e. The zero-order valence-electron chi connectivity index (χ0n) is 8.61. The Hall–Kier alpha value is -0.570. The maximum atomic E-state index is 11.5. The summed E-state index contributed by atoms with van der Waals surface area (Å²) in [5, 5.41) is 9.18. The number of hydrogen-bond acceptors (Lipinski definition) is 3. The van der Waals surface area contributed by atoms with E-state index in [1.165, 1.54) is 13.5 Å². The van der Waals surface area contributed by atoms with Crippen molar-refractivity contribution in [2.75, 3.05) is 13.7 Å². The van der Waals surface area contributed by atoms with E-state index in [-0.39, 0.29) is 18.5 Å². The first-order valence-corrected chi connectivity index (χ1v) is 5.45. The number of carbonyl (C=O) groups excluding carboxylic acids is 1. The number of esters is 1. The van der Waals surface area contributed by atoms with Crippen LogP contribution in [0.4, 0.5) is 0 Å². The van der Waals surface area contributed by atoms with E-state index in [1.807, 2.05) is 0 Å². The summed E-state index contributed by atoms with van der Waals surface area (Å²) in [6.45, 7) is 0.287. The Labute approximate surface area is 84.4 Å². The molecule has 0 radical (unpaired) electrons. The lowest BCUT2D eigenvalue weighted by Gasteiger charge is -2.45. The van der Waals surface area contributed by atoms with Gasteiger partial charge < -0.3 is 9.84 Å². The second-order valence-corrected chi connectivity index (χ2v) is 4.64. The van der Waals surface area contributed by atoms with Crippen LogP contribution in [-0.2, 0) is 9.53 Å². The molecule has 0 saturated heterocycles. The van der Waals surface area contributed by atoms with Gasteiger partial charge in [0, 0.05) is 6.61 Å². The number of rotatable bonds is 2. The van der Waals surface area contributed by atoms with Gasteiger partial charge in [0.1, 0.15) is 0 Å². The Morgan fingerprint density at radius 3 is 2.57 bits per heavy atom. The first-order valence-electron chi connectivity index (χ1n) is 5.45. The number of methoxy groups -OCH3 is 1. The lowest BCUT2D eigenvalue weighted by Crippen LogP contribution is -2.42. The number of fused-ring (bicyclic) bond motifs is 3. The van der Waals surface area contributed by atoms with Crippen molar-refractivity contribution in [2.24, 2.45) is 23.7 Å². The Morgan fingerprint density at radius 1 is 1.36 bits per heavy atom. The van der Waals surface area contributed by atoms with Crippen molar-refractivity contribution in [1.82, 2.24) is 0 Å². The fraction of sp³-hybridized carbons (Fsp3) is 0.909. The van der Waals surface area contributed by atoms with E-state index in [1.54, 1.807) is 0 Å². The summed E-state index contributed by atoms with van der Waals surface area (Å²) in [6, 6.07) is 0. The monoisotopic (exact) mass is 198 g/mol. The van der Waals surface area contributed by atoms with E-state index in [0.717, 1.165) is 19.3 Å². The van der Waals surface area contributed by atoms with Gasteiger partial charge in [-0.1, -0.05) is 0 Å². The molecule has 3 aliphatic rings. The first-order chi connectivity index (χ1) is 6.76. The summed E-state index contributed by atoms with van der Waals surface area (Å²) < 4.78 is 4.81. The van der Waals surface area contributed by atoms with E-state index in [2.05, 4.69) is 0 Å². The highest BCUT2D eigenvalue weighted by atomic mass is 16.5. The van der Waals surface area contributed by atoms with Crippen molar-refractivity contribution in [3.63, 3.8) is 0 Å².